The van der Waals surface area contributed by atoms with Crippen LogP contribution in [0.3, 0.4) is 0 Å². The van der Waals surface area contributed by atoms with Gasteiger partial charge in [0.25, 0.3) is 0 Å². The molecule has 152 valence electrons. The van der Waals surface area contributed by atoms with Gasteiger partial charge in [-0.2, -0.15) is 0 Å². The van der Waals surface area contributed by atoms with E-state index in [1.807, 2.05) is 55.5 Å². The van der Waals surface area contributed by atoms with Gasteiger partial charge in [-0.1, -0.05) is 24.3 Å². The zero-order valence-corrected chi connectivity index (χ0v) is 16.9. The third kappa shape index (κ3) is 4.30. The normalized spacial score (nSPS) is 13.7. The second kappa shape index (κ2) is 8.74. The van der Waals surface area contributed by atoms with Gasteiger partial charge in [0.2, 0.25) is 5.78 Å². The Hall–Kier alpha value is -3.73. The smallest absolute Gasteiger partial charge is 0.231 e. The highest BCUT2D eigenvalue weighted by Gasteiger charge is 2.27. The Morgan fingerprint density at radius 2 is 1.70 bits per heavy atom. The molecule has 0 atom stereocenters. The topological polar surface area (TPSA) is 54.0 Å². The molecule has 0 unspecified atom stereocenters. The number of hydrogen-bond donors (Lipinski definition) is 0. The van der Waals surface area contributed by atoms with Gasteiger partial charge in [0.05, 0.1) is 19.3 Å². The number of rotatable bonds is 7. The number of allylic oxidation sites excluding steroid dienone is 1. The van der Waals surface area contributed by atoms with Crippen LogP contribution in [0.15, 0.2) is 72.5 Å². The molecule has 0 radical (unpaired) electrons. The van der Waals surface area contributed by atoms with Gasteiger partial charge in [-0.25, -0.2) is 0 Å². The predicted molar refractivity (Wildman–Crippen MR) is 114 cm³/mol. The molecule has 0 aromatic heterocycles. The second-order valence-electron chi connectivity index (χ2n) is 6.74. The van der Waals surface area contributed by atoms with Gasteiger partial charge < -0.3 is 18.9 Å². The van der Waals surface area contributed by atoms with E-state index in [4.69, 9.17) is 18.9 Å². The Bertz CT molecular complexity index is 1080. The highest BCUT2D eigenvalue weighted by atomic mass is 16.5. The molecule has 0 aliphatic carbocycles. The van der Waals surface area contributed by atoms with Crippen molar-refractivity contribution in [3.63, 3.8) is 0 Å². The molecule has 5 nitrogen and oxygen atoms in total. The molecule has 1 heterocycles. The van der Waals surface area contributed by atoms with Crippen molar-refractivity contribution in [1.82, 2.24) is 0 Å². The van der Waals surface area contributed by atoms with Crippen LogP contribution in [0, 0.1) is 0 Å². The number of benzene rings is 3. The first-order chi connectivity index (χ1) is 14.7. The van der Waals surface area contributed by atoms with Crippen molar-refractivity contribution in [3.8, 4) is 23.0 Å². The molecule has 30 heavy (non-hydrogen) atoms. The van der Waals surface area contributed by atoms with Gasteiger partial charge in [0.1, 0.15) is 29.6 Å². The van der Waals surface area contributed by atoms with Crippen LogP contribution in [0.4, 0.5) is 0 Å². The average Bonchev–Trinajstić information content (AvgIpc) is 3.08. The molecule has 1 aliphatic heterocycles. The van der Waals surface area contributed by atoms with Gasteiger partial charge >= 0.3 is 0 Å². The molecule has 0 spiro atoms. The lowest BCUT2D eigenvalue weighted by Crippen LogP contribution is -1.98. The fourth-order valence-electron chi connectivity index (χ4n) is 3.16. The van der Waals surface area contributed by atoms with Crippen LogP contribution in [0.2, 0.25) is 0 Å². The fourth-order valence-corrected chi connectivity index (χ4v) is 3.16. The lowest BCUT2D eigenvalue weighted by molar-refractivity contribution is 0.101. The molecule has 3 aromatic rings. The first-order valence-electron chi connectivity index (χ1n) is 9.73. The molecule has 4 rings (SSSR count). The van der Waals surface area contributed by atoms with Gasteiger partial charge in [0, 0.05) is 6.07 Å². The Morgan fingerprint density at radius 1 is 0.900 bits per heavy atom. The molecule has 3 aromatic carbocycles. The van der Waals surface area contributed by atoms with Crippen LogP contribution in [0.5, 0.6) is 23.0 Å². The van der Waals surface area contributed by atoms with E-state index < -0.39 is 0 Å². The standard InChI is InChI=1S/C25H22O5/c1-3-28-19-9-7-17(8-10-19)14-24-25(26)22-12-11-21(15-23(22)30-24)29-16-18-5-4-6-20(13-18)27-2/h4-15H,3,16H2,1-2H3/b24-14-. The van der Waals surface area contributed by atoms with E-state index in [9.17, 15) is 4.79 Å². The summed E-state index contributed by atoms with van der Waals surface area (Å²) in [6.45, 7) is 2.94. The van der Waals surface area contributed by atoms with E-state index in [0.717, 1.165) is 22.6 Å². The number of carbonyl (C=O) groups excluding carboxylic acids is 1. The highest BCUT2D eigenvalue weighted by molar-refractivity contribution is 6.14. The van der Waals surface area contributed by atoms with E-state index in [-0.39, 0.29) is 5.78 Å². The summed E-state index contributed by atoms with van der Waals surface area (Å²) in [5.41, 5.74) is 2.38. The largest absolute Gasteiger partial charge is 0.497 e. The van der Waals surface area contributed by atoms with Crippen molar-refractivity contribution in [1.29, 1.82) is 0 Å². The lowest BCUT2D eigenvalue weighted by atomic mass is 10.1. The minimum Gasteiger partial charge on any atom is -0.497 e. The number of carbonyl (C=O) groups is 1. The summed E-state index contributed by atoms with van der Waals surface area (Å²) in [5.74, 6) is 2.85. The van der Waals surface area contributed by atoms with Crippen LogP contribution in [-0.4, -0.2) is 19.5 Å². The molecule has 0 bridgehead atoms. The van der Waals surface area contributed by atoms with Gasteiger partial charge in [0.15, 0.2) is 5.76 Å². The third-order valence-electron chi connectivity index (χ3n) is 4.67. The summed E-state index contributed by atoms with van der Waals surface area (Å²) in [6, 6.07) is 20.5. The Labute approximate surface area is 175 Å². The predicted octanol–water partition coefficient (Wildman–Crippen LogP) is 5.29. The van der Waals surface area contributed by atoms with Gasteiger partial charge in [-0.05, 0) is 60.5 Å². The fraction of sp³-hybridized carbons (Fsp3) is 0.160. The quantitative estimate of drug-likeness (QED) is 0.503. The van der Waals surface area contributed by atoms with Gasteiger partial charge in [-0.3, -0.25) is 4.79 Å². The van der Waals surface area contributed by atoms with Crippen molar-refractivity contribution in [3.05, 3.63) is 89.2 Å². The van der Waals surface area contributed by atoms with Crippen LogP contribution in [0.25, 0.3) is 6.08 Å². The molecule has 0 N–H and O–H groups in total. The second-order valence-corrected chi connectivity index (χ2v) is 6.74. The maximum Gasteiger partial charge on any atom is 0.231 e. The number of Topliss-reactive ketones (excluding diaryl/α,β-unsaturated/α-hetero) is 1. The summed E-state index contributed by atoms with van der Waals surface area (Å²) in [5, 5.41) is 0. The Kier molecular flexibility index (Phi) is 5.70. The van der Waals surface area contributed by atoms with Crippen LogP contribution >= 0.6 is 0 Å². The Morgan fingerprint density at radius 3 is 2.47 bits per heavy atom. The zero-order valence-electron chi connectivity index (χ0n) is 16.9. The maximum atomic E-state index is 12.7. The number of hydrogen-bond acceptors (Lipinski definition) is 5. The minimum atomic E-state index is -0.141. The maximum absolute atomic E-state index is 12.7. The summed E-state index contributed by atoms with van der Waals surface area (Å²) in [4.78, 5) is 12.7. The molecule has 0 fully saturated rings. The van der Waals surface area contributed by atoms with Crippen molar-refractivity contribution >= 4 is 11.9 Å². The van der Waals surface area contributed by atoms with Crippen LogP contribution in [-0.2, 0) is 6.61 Å². The van der Waals surface area contributed by atoms with Crippen molar-refractivity contribution in [2.45, 2.75) is 13.5 Å². The number of fused-ring (bicyclic) bond motifs is 1. The summed E-state index contributed by atoms with van der Waals surface area (Å²) < 4.78 is 22.3. The summed E-state index contributed by atoms with van der Waals surface area (Å²) in [6.07, 6.45) is 1.73. The van der Waals surface area contributed by atoms with E-state index in [2.05, 4.69) is 0 Å². The molecule has 0 saturated carbocycles. The van der Waals surface area contributed by atoms with E-state index in [1.165, 1.54) is 0 Å². The van der Waals surface area contributed by atoms with Gasteiger partial charge in [-0.15, -0.1) is 0 Å². The molecule has 5 heteroatoms. The lowest BCUT2D eigenvalue weighted by Gasteiger charge is -2.08. The number of ether oxygens (including phenoxy) is 4. The van der Waals surface area contributed by atoms with E-state index >= 15 is 0 Å². The molecule has 0 saturated heterocycles. The van der Waals surface area contributed by atoms with E-state index in [0.29, 0.717) is 36.0 Å². The Balaban J connectivity index is 1.46. The highest BCUT2D eigenvalue weighted by Crippen LogP contribution is 2.35. The molecule has 0 amide bonds. The van der Waals surface area contributed by atoms with Crippen LogP contribution in [0.1, 0.15) is 28.4 Å². The summed E-state index contributed by atoms with van der Waals surface area (Å²) in [7, 11) is 1.63. The average molecular weight is 402 g/mol. The minimum absolute atomic E-state index is 0.141. The molecule has 1 aliphatic rings. The van der Waals surface area contributed by atoms with Crippen molar-refractivity contribution in [2.75, 3.05) is 13.7 Å². The van der Waals surface area contributed by atoms with E-state index in [1.54, 1.807) is 31.4 Å². The first kappa shape index (κ1) is 19.6. The van der Waals surface area contributed by atoms with Crippen molar-refractivity contribution in [2.24, 2.45) is 0 Å². The SMILES string of the molecule is CCOc1ccc(/C=C2\Oc3cc(OCc4cccc(OC)c4)ccc3C2=O)cc1. The first-order valence-corrected chi connectivity index (χ1v) is 9.73. The summed E-state index contributed by atoms with van der Waals surface area (Å²) >= 11 is 0. The van der Waals surface area contributed by atoms with Crippen molar-refractivity contribution < 1.29 is 23.7 Å². The third-order valence-corrected chi connectivity index (χ3v) is 4.67. The zero-order chi connectivity index (χ0) is 20.9. The monoisotopic (exact) mass is 402 g/mol. The number of ketones is 1. The van der Waals surface area contributed by atoms with Crippen LogP contribution < -0.4 is 18.9 Å². The molecular weight excluding hydrogens is 380 g/mol. The number of methoxy groups -OCH3 is 1. The molecular formula is C25H22O5.